The van der Waals surface area contributed by atoms with Crippen LogP contribution in [-0.2, 0) is 20.6 Å². The lowest BCUT2D eigenvalue weighted by molar-refractivity contribution is -0.0206. The van der Waals surface area contributed by atoms with Crippen LogP contribution in [0.25, 0.3) is 11.0 Å². The summed E-state index contributed by atoms with van der Waals surface area (Å²) >= 11 is 0. The van der Waals surface area contributed by atoms with Gasteiger partial charge in [0.2, 0.25) is 0 Å². The van der Waals surface area contributed by atoms with Crippen molar-refractivity contribution in [2.45, 2.75) is 50.6 Å². The van der Waals surface area contributed by atoms with Crippen molar-refractivity contribution in [3.05, 3.63) is 34.2 Å². The van der Waals surface area contributed by atoms with Crippen molar-refractivity contribution in [2.75, 3.05) is 0 Å². The van der Waals surface area contributed by atoms with E-state index in [1.165, 1.54) is 44.1 Å². The van der Waals surface area contributed by atoms with Gasteiger partial charge in [0.15, 0.2) is 0 Å². The number of imidazole rings is 1. The van der Waals surface area contributed by atoms with Crippen LogP contribution >= 0.6 is 12.4 Å². The highest BCUT2D eigenvalue weighted by Gasteiger charge is 2.50. The van der Waals surface area contributed by atoms with E-state index in [1.807, 2.05) is 14.1 Å². The second kappa shape index (κ2) is 5.88. The number of aromatic nitrogens is 2. The topological polar surface area (TPSA) is 39.0 Å². The fourth-order valence-corrected chi connectivity index (χ4v) is 6.28. The zero-order chi connectivity index (χ0) is 16.5. The third kappa shape index (κ3) is 2.65. The van der Waals surface area contributed by atoms with Gasteiger partial charge in [-0.05, 0) is 74.0 Å². The minimum absolute atomic E-state index is 0. The van der Waals surface area contributed by atoms with Gasteiger partial charge in [-0.25, -0.2) is 4.79 Å². The lowest BCUT2D eigenvalue weighted by Crippen LogP contribution is -2.58. The highest BCUT2D eigenvalue weighted by atomic mass is 35.5. The van der Waals surface area contributed by atoms with E-state index in [-0.39, 0.29) is 18.1 Å². The minimum atomic E-state index is 0. The van der Waals surface area contributed by atoms with Crippen molar-refractivity contribution in [1.29, 1.82) is 0 Å². The predicted molar refractivity (Wildman–Crippen MR) is 103 cm³/mol. The molecule has 1 aromatic carbocycles. The first-order valence-corrected chi connectivity index (χ1v) is 9.42. The van der Waals surface area contributed by atoms with Crippen molar-refractivity contribution in [2.24, 2.45) is 31.8 Å². The Bertz CT molecular complexity index is 830. The van der Waals surface area contributed by atoms with Crippen LogP contribution in [0.15, 0.2) is 23.0 Å². The summed E-state index contributed by atoms with van der Waals surface area (Å²) in [5, 5.41) is 3.95. The molecule has 4 nitrogen and oxygen atoms in total. The van der Waals surface area contributed by atoms with E-state index in [9.17, 15) is 4.79 Å². The first kappa shape index (κ1) is 17.2. The fourth-order valence-electron chi connectivity index (χ4n) is 6.28. The molecular weight excluding hydrogens is 334 g/mol. The van der Waals surface area contributed by atoms with Crippen molar-refractivity contribution in [3.8, 4) is 0 Å². The van der Waals surface area contributed by atoms with Gasteiger partial charge in [0.05, 0.1) is 11.0 Å². The van der Waals surface area contributed by atoms with E-state index in [0.717, 1.165) is 35.3 Å². The van der Waals surface area contributed by atoms with Crippen LogP contribution in [0.1, 0.15) is 44.1 Å². The van der Waals surface area contributed by atoms with Crippen LogP contribution < -0.4 is 11.0 Å². The summed E-state index contributed by atoms with van der Waals surface area (Å²) < 4.78 is 3.48. The van der Waals surface area contributed by atoms with Crippen LogP contribution in [0.2, 0.25) is 0 Å². The Morgan fingerprint density at radius 3 is 2.16 bits per heavy atom. The molecule has 0 amide bonds. The lowest BCUT2D eigenvalue weighted by Gasteiger charge is -2.57. The molecule has 2 aromatic rings. The Kier molecular flexibility index (Phi) is 4.04. The highest BCUT2D eigenvalue weighted by molar-refractivity contribution is 5.85. The van der Waals surface area contributed by atoms with E-state index in [0.29, 0.717) is 5.54 Å². The normalized spacial score (nSPS) is 33.0. The number of hydrogen-bond acceptors (Lipinski definition) is 2. The number of fused-ring (bicyclic) bond motifs is 1. The number of halogens is 1. The molecule has 0 saturated heterocycles. The van der Waals surface area contributed by atoms with Crippen molar-refractivity contribution in [3.63, 3.8) is 0 Å². The monoisotopic (exact) mass is 361 g/mol. The first-order valence-electron chi connectivity index (χ1n) is 9.42. The Hall–Kier alpha value is -1.26. The maximum absolute atomic E-state index is 12.1. The Balaban J connectivity index is 0.00000157. The molecule has 4 aliphatic rings. The zero-order valence-corrected chi connectivity index (χ0v) is 15.9. The third-order valence-corrected chi connectivity index (χ3v) is 7.04. The van der Waals surface area contributed by atoms with Crippen molar-refractivity contribution >= 4 is 23.4 Å². The molecule has 5 heteroatoms. The average Bonchev–Trinajstić information content (AvgIpc) is 2.76. The molecule has 1 heterocycles. The van der Waals surface area contributed by atoms with E-state index in [2.05, 4.69) is 23.5 Å². The molecule has 0 unspecified atom stereocenters. The van der Waals surface area contributed by atoms with E-state index in [1.54, 1.807) is 9.13 Å². The van der Waals surface area contributed by atoms with E-state index in [4.69, 9.17) is 0 Å². The molecule has 4 fully saturated rings. The number of nitrogens with one attached hydrogen (secondary N) is 1. The average molecular weight is 362 g/mol. The molecule has 0 radical (unpaired) electrons. The van der Waals surface area contributed by atoms with Gasteiger partial charge in [-0.3, -0.25) is 9.13 Å². The molecule has 0 aliphatic heterocycles. The quantitative estimate of drug-likeness (QED) is 0.910. The number of benzene rings is 1. The lowest BCUT2D eigenvalue weighted by atomic mass is 9.53. The van der Waals surface area contributed by atoms with E-state index >= 15 is 0 Å². The van der Waals surface area contributed by atoms with Crippen molar-refractivity contribution in [1.82, 2.24) is 14.5 Å². The Labute approximate surface area is 155 Å². The van der Waals surface area contributed by atoms with Gasteiger partial charge in [-0.15, -0.1) is 12.4 Å². The van der Waals surface area contributed by atoms with Gasteiger partial charge in [0, 0.05) is 26.2 Å². The molecule has 1 N–H and O–H groups in total. The number of hydrogen-bond donors (Lipinski definition) is 1. The standard InChI is InChI=1S/C20H27N3O.ClH/c1-22-17-4-3-13(8-18(17)23(2)19(22)24)12-21-20-9-14-5-15(10-20)7-16(6-14)11-20;/h3-4,8,14-16,21H,5-7,9-12H2,1-2H3;1H. The molecule has 4 bridgehead atoms. The van der Waals surface area contributed by atoms with Crippen LogP contribution in [0.4, 0.5) is 0 Å². The molecule has 0 spiro atoms. The number of rotatable bonds is 3. The molecule has 0 atom stereocenters. The molecular formula is C20H28ClN3O. The second-order valence-corrected chi connectivity index (χ2v) is 8.78. The van der Waals surface area contributed by atoms with Crippen LogP contribution in [0.5, 0.6) is 0 Å². The Morgan fingerprint density at radius 2 is 1.56 bits per heavy atom. The maximum Gasteiger partial charge on any atom is 0.328 e. The van der Waals surface area contributed by atoms with Crippen LogP contribution in [0.3, 0.4) is 0 Å². The predicted octanol–water partition coefficient (Wildman–Crippen LogP) is 3.36. The maximum atomic E-state index is 12.1. The molecule has 4 aliphatic carbocycles. The van der Waals surface area contributed by atoms with Gasteiger partial charge in [0.25, 0.3) is 0 Å². The van der Waals surface area contributed by atoms with E-state index < -0.39 is 0 Å². The summed E-state index contributed by atoms with van der Waals surface area (Å²) in [7, 11) is 3.71. The van der Waals surface area contributed by atoms with Crippen LogP contribution in [0, 0.1) is 17.8 Å². The van der Waals surface area contributed by atoms with Gasteiger partial charge in [-0.2, -0.15) is 0 Å². The number of aryl methyl sites for hydroxylation is 2. The largest absolute Gasteiger partial charge is 0.328 e. The Morgan fingerprint density at radius 1 is 1.00 bits per heavy atom. The highest BCUT2D eigenvalue weighted by Crippen LogP contribution is 2.55. The van der Waals surface area contributed by atoms with Gasteiger partial charge in [-0.1, -0.05) is 6.07 Å². The molecule has 136 valence electrons. The fraction of sp³-hybridized carbons (Fsp3) is 0.650. The third-order valence-electron chi connectivity index (χ3n) is 7.04. The minimum Gasteiger partial charge on any atom is -0.307 e. The van der Waals surface area contributed by atoms with Crippen molar-refractivity contribution < 1.29 is 0 Å². The first-order chi connectivity index (χ1) is 11.5. The summed E-state index contributed by atoms with van der Waals surface area (Å²) in [6.45, 7) is 0.922. The summed E-state index contributed by atoms with van der Waals surface area (Å²) in [6, 6.07) is 6.45. The molecule has 6 rings (SSSR count). The summed E-state index contributed by atoms with van der Waals surface area (Å²) in [5.74, 6) is 2.92. The SMILES string of the molecule is Cl.Cn1c(=O)n(C)c2cc(CNC34CC5CC(CC(C5)C3)C4)ccc21. The van der Waals surface area contributed by atoms with Crippen LogP contribution in [-0.4, -0.2) is 14.7 Å². The number of nitrogens with zero attached hydrogens (tertiary/aromatic N) is 2. The summed E-state index contributed by atoms with van der Waals surface area (Å²) in [6.07, 6.45) is 8.60. The molecule has 4 saturated carbocycles. The molecule has 1 aromatic heterocycles. The van der Waals surface area contributed by atoms with Gasteiger partial charge < -0.3 is 5.32 Å². The molecule has 25 heavy (non-hydrogen) atoms. The summed E-state index contributed by atoms with van der Waals surface area (Å²) in [5.41, 5.74) is 3.79. The summed E-state index contributed by atoms with van der Waals surface area (Å²) in [4.78, 5) is 12.1. The second-order valence-electron chi connectivity index (χ2n) is 8.78. The van der Waals surface area contributed by atoms with Gasteiger partial charge in [0.1, 0.15) is 0 Å². The smallest absolute Gasteiger partial charge is 0.307 e. The zero-order valence-electron chi connectivity index (χ0n) is 15.1. The van der Waals surface area contributed by atoms with Gasteiger partial charge >= 0.3 is 5.69 Å².